The third-order valence-corrected chi connectivity index (χ3v) is 6.00. The van der Waals surface area contributed by atoms with Crippen molar-refractivity contribution in [2.45, 2.75) is 63.2 Å². The van der Waals surface area contributed by atoms with Gasteiger partial charge >= 0.3 is 18.0 Å². The summed E-state index contributed by atoms with van der Waals surface area (Å²) in [6, 6.07) is -0.907. The van der Waals surface area contributed by atoms with Gasteiger partial charge in [-0.15, -0.1) is 0 Å². The second-order valence-electron chi connectivity index (χ2n) is 7.97. The molecule has 1 aliphatic carbocycles. The molecule has 1 heterocycles. The summed E-state index contributed by atoms with van der Waals surface area (Å²) in [6.07, 6.45) is 0.200. The van der Waals surface area contributed by atoms with Crippen molar-refractivity contribution < 1.29 is 38.1 Å². The Balaban J connectivity index is 2.04. The van der Waals surface area contributed by atoms with Gasteiger partial charge in [-0.2, -0.15) is 11.8 Å². The molecule has 0 aromatic heterocycles. The molecular weight excluding hydrogens is 402 g/mol. The number of carbonyl (C=O) groups is 3. The van der Waals surface area contributed by atoms with Crippen LogP contribution in [0.4, 0.5) is 4.79 Å². The van der Waals surface area contributed by atoms with Crippen molar-refractivity contribution >= 4 is 29.8 Å². The van der Waals surface area contributed by atoms with E-state index in [1.807, 2.05) is 0 Å². The third-order valence-electron chi connectivity index (χ3n) is 4.55. The summed E-state index contributed by atoms with van der Waals surface area (Å²) in [7, 11) is 1.34. The van der Waals surface area contributed by atoms with Gasteiger partial charge in [0.2, 0.25) is 0 Å². The molecule has 1 N–H and O–H groups in total. The number of amides is 1. The van der Waals surface area contributed by atoms with E-state index in [-0.39, 0.29) is 23.6 Å². The van der Waals surface area contributed by atoms with Crippen LogP contribution < -0.4 is 5.32 Å². The molecule has 2 fully saturated rings. The maximum atomic E-state index is 12.3. The average molecular weight is 434 g/mol. The standard InChI is InChI=1S/C19H31NO8S/c1-6-25-16(22)13(20-17(23)28-18(2,3)4)11-29-14-10-19(26-7-8-27-19)9-12(14)15(21)24-5/h12-14H,6-11H2,1-5H3,(H,20,23)/t12-,13+,14-/m0/s1. The van der Waals surface area contributed by atoms with Gasteiger partial charge in [0.25, 0.3) is 0 Å². The Morgan fingerprint density at radius 3 is 2.41 bits per heavy atom. The molecule has 166 valence electrons. The minimum Gasteiger partial charge on any atom is -0.469 e. The molecule has 2 rings (SSSR count). The molecule has 1 amide bonds. The highest BCUT2D eigenvalue weighted by atomic mass is 32.2. The predicted octanol–water partition coefficient (Wildman–Crippen LogP) is 1.87. The van der Waals surface area contributed by atoms with Crippen molar-refractivity contribution in [3.63, 3.8) is 0 Å². The van der Waals surface area contributed by atoms with Crippen molar-refractivity contribution in [3.8, 4) is 0 Å². The van der Waals surface area contributed by atoms with Gasteiger partial charge in [-0.25, -0.2) is 9.59 Å². The highest BCUT2D eigenvalue weighted by Crippen LogP contribution is 2.46. The van der Waals surface area contributed by atoms with Crippen LogP contribution in [0, 0.1) is 5.92 Å². The zero-order chi connectivity index (χ0) is 21.7. The van der Waals surface area contributed by atoms with E-state index < -0.39 is 35.4 Å². The topological polar surface area (TPSA) is 109 Å². The molecule has 0 bridgehead atoms. The van der Waals surface area contributed by atoms with E-state index in [4.69, 9.17) is 23.7 Å². The molecule has 0 radical (unpaired) electrons. The largest absolute Gasteiger partial charge is 0.469 e. The summed E-state index contributed by atoms with van der Waals surface area (Å²) < 4.78 is 26.7. The lowest BCUT2D eigenvalue weighted by molar-refractivity contribution is -0.161. The van der Waals surface area contributed by atoms with Gasteiger partial charge in [-0.1, -0.05) is 0 Å². The number of esters is 2. The molecule has 9 nitrogen and oxygen atoms in total. The lowest BCUT2D eigenvalue weighted by atomic mass is 10.1. The zero-order valence-electron chi connectivity index (χ0n) is 17.6. The zero-order valence-corrected chi connectivity index (χ0v) is 18.5. The van der Waals surface area contributed by atoms with E-state index in [9.17, 15) is 14.4 Å². The molecule has 1 saturated carbocycles. The van der Waals surface area contributed by atoms with Gasteiger partial charge < -0.3 is 29.0 Å². The first kappa shape index (κ1) is 23.8. The van der Waals surface area contributed by atoms with E-state index in [2.05, 4.69) is 5.32 Å². The smallest absolute Gasteiger partial charge is 0.408 e. The Morgan fingerprint density at radius 2 is 1.86 bits per heavy atom. The summed E-state index contributed by atoms with van der Waals surface area (Å²) >= 11 is 1.39. The van der Waals surface area contributed by atoms with Crippen molar-refractivity contribution in [1.29, 1.82) is 0 Å². The summed E-state index contributed by atoms with van der Waals surface area (Å²) in [5.74, 6) is -1.89. The Morgan fingerprint density at radius 1 is 1.21 bits per heavy atom. The van der Waals surface area contributed by atoms with Crippen LogP contribution in [0.3, 0.4) is 0 Å². The van der Waals surface area contributed by atoms with Gasteiger partial charge in [-0.05, 0) is 27.7 Å². The van der Waals surface area contributed by atoms with E-state index >= 15 is 0 Å². The number of rotatable bonds is 7. The second-order valence-corrected chi connectivity index (χ2v) is 9.24. The first-order valence-electron chi connectivity index (χ1n) is 9.72. The molecule has 1 saturated heterocycles. The van der Waals surface area contributed by atoms with Crippen molar-refractivity contribution in [3.05, 3.63) is 0 Å². The first-order valence-corrected chi connectivity index (χ1v) is 10.8. The molecule has 1 spiro atoms. The quantitative estimate of drug-likeness (QED) is 0.475. The lowest BCUT2D eigenvalue weighted by Crippen LogP contribution is -2.46. The Kier molecular flexibility index (Phi) is 8.18. The molecule has 1 aliphatic heterocycles. The Bertz CT molecular complexity index is 600. The van der Waals surface area contributed by atoms with Gasteiger partial charge in [0.15, 0.2) is 5.79 Å². The first-order chi connectivity index (χ1) is 13.6. The molecule has 2 aliphatic rings. The highest BCUT2D eigenvalue weighted by Gasteiger charge is 2.52. The molecule has 3 atom stereocenters. The van der Waals surface area contributed by atoms with Gasteiger partial charge in [0.1, 0.15) is 11.6 Å². The normalized spacial score (nSPS) is 24.2. The van der Waals surface area contributed by atoms with E-state index in [0.29, 0.717) is 26.1 Å². The average Bonchev–Trinajstić information content (AvgIpc) is 3.23. The van der Waals surface area contributed by atoms with Crippen LogP contribution in [0.25, 0.3) is 0 Å². The van der Waals surface area contributed by atoms with Gasteiger partial charge in [-0.3, -0.25) is 4.79 Å². The molecule has 0 unspecified atom stereocenters. The van der Waals surface area contributed by atoms with Crippen LogP contribution in [0.5, 0.6) is 0 Å². The van der Waals surface area contributed by atoms with Crippen LogP contribution in [0.15, 0.2) is 0 Å². The lowest BCUT2D eigenvalue weighted by Gasteiger charge is -2.24. The molecule has 10 heteroatoms. The van der Waals surface area contributed by atoms with Crippen molar-refractivity contribution in [1.82, 2.24) is 5.32 Å². The number of carbonyl (C=O) groups excluding carboxylic acids is 3. The van der Waals surface area contributed by atoms with E-state index in [1.165, 1.54) is 18.9 Å². The number of hydrogen-bond acceptors (Lipinski definition) is 9. The monoisotopic (exact) mass is 433 g/mol. The number of thioether (sulfide) groups is 1. The van der Waals surface area contributed by atoms with Crippen LogP contribution in [0.1, 0.15) is 40.5 Å². The molecule has 0 aromatic rings. The number of ether oxygens (including phenoxy) is 5. The van der Waals surface area contributed by atoms with E-state index in [1.54, 1.807) is 27.7 Å². The predicted molar refractivity (Wildman–Crippen MR) is 105 cm³/mol. The molecule has 0 aromatic carbocycles. The highest BCUT2D eigenvalue weighted by molar-refractivity contribution is 8.00. The fourth-order valence-electron chi connectivity index (χ4n) is 3.37. The third kappa shape index (κ3) is 6.75. The summed E-state index contributed by atoms with van der Waals surface area (Å²) in [6.45, 7) is 8.06. The maximum absolute atomic E-state index is 12.3. The summed E-state index contributed by atoms with van der Waals surface area (Å²) in [5, 5.41) is 2.38. The number of alkyl carbamates (subject to hydrolysis) is 1. The fraction of sp³-hybridized carbons (Fsp3) is 0.842. The second kappa shape index (κ2) is 9.99. The summed E-state index contributed by atoms with van der Waals surface area (Å²) in [5.41, 5.74) is -0.693. The van der Waals surface area contributed by atoms with Gasteiger partial charge in [0.05, 0.1) is 32.8 Å². The molecular formula is C19H31NO8S. The Labute approximate surface area is 175 Å². The summed E-state index contributed by atoms with van der Waals surface area (Å²) in [4.78, 5) is 36.7. The maximum Gasteiger partial charge on any atom is 0.408 e. The number of hydrogen-bond donors (Lipinski definition) is 1. The van der Waals surface area contributed by atoms with Crippen LogP contribution in [0.2, 0.25) is 0 Å². The SMILES string of the molecule is CCOC(=O)[C@@H](CS[C@H]1CC2(C[C@@H]1C(=O)OC)OCCO2)NC(=O)OC(C)(C)C. The molecule has 29 heavy (non-hydrogen) atoms. The van der Waals surface area contributed by atoms with Crippen molar-refractivity contribution in [2.75, 3.05) is 32.7 Å². The fourth-order valence-corrected chi connectivity index (χ4v) is 4.84. The van der Waals surface area contributed by atoms with Gasteiger partial charge in [0, 0.05) is 23.8 Å². The van der Waals surface area contributed by atoms with Crippen LogP contribution in [-0.2, 0) is 33.3 Å². The minimum absolute atomic E-state index is 0.182. The van der Waals surface area contributed by atoms with Crippen LogP contribution >= 0.6 is 11.8 Å². The van der Waals surface area contributed by atoms with Crippen LogP contribution in [-0.4, -0.2) is 73.4 Å². The minimum atomic E-state index is -0.907. The number of methoxy groups -OCH3 is 1. The Hall–Kier alpha value is -1.52. The van der Waals surface area contributed by atoms with E-state index in [0.717, 1.165) is 0 Å². The van der Waals surface area contributed by atoms with Crippen molar-refractivity contribution in [2.24, 2.45) is 5.92 Å². The number of nitrogens with one attached hydrogen (secondary N) is 1.